The van der Waals surface area contributed by atoms with Gasteiger partial charge in [-0.05, 0) is 47.9 Å². The molecule has 0 N–H and O–H groups in total. The topological polar surface area (TPSA) is 3.88 Å². The minimum atomic E-state index is 0.909. The van der Waals surface area contributed by atoms with Crippen LogP contribution >= 0.6 is 0 Å². The van der Waals surface area contributed by atoms with Gasteiger partial charge in [-0.25, -0.2) is 0 Å². The van der Waals surface area contributed by atoms with Crippen LogP contribution in [0, 0.1) is 6.92 Å². The average molecular weight is 427 g/mol. The molecule has 0 aliphatic heterocycles. The predicted molar refractivity (Wildman–Crippen MR) is 138 cm³/mol. The van der Waals surface area contributed by atoms with Gasteiger partial charge in [0.05, 0.1) is 0 Å². The molecule has 1 aromatic heterocycles. The maximum Gasteiger partial charge on any atom is 0.213 e. The van der Waals surface area contributed by atoms with Crippen LogP contribution in [0.5, 0.6) is 0 Å². The van der Waals surface area contributed by atoms with E-state index in [4.69, 9.17) is 0 Å². The van der Waals surface area contributed by atoms with E-state index in [-0.39, 0.29) is 0 Å². The molecule has 4 aromatic carbocycles. The fourth-order valence-corrected chi connectivity index (χ4v) is 4.35. The highest BCUT2D eigenvalue weighted by Gasteiger charge is 2.22. The molecule has 1 heterocycles. The summed E-state index contributed by atoms with van der Waals surface area (Å²) in [5, 5.41) is 0. The molecular formula is C32H28N+. The van der Waals surface area contributed by atoms with Gasteiger partial charge in [0.25, 0.3) is 0 Å². The number of benzene rings is 4. The summed E-state index contributed by atoms with van der Waals surface area (Å²) in [6.45, 7) is 3.05. The van der Waals surface area contributed by atoms with Crippen LogP contribution in [0.15, 0.2) is 127 Å². The van der Waals surface area contributed by atoms with Gasteiger partial charge in [-0.2, -0.15) is 4.57 Å². The Morgan fingerprint density at radius 2 is 0.939 bits per heavy atom. The summed E-state index contributed by atoms with van der Waals surface area (Å²) in [5.41, 5.74) is 10.1. The van der Waals surface area contributed by atoms with Crippen molar-refractivity contribution in [3.05, 3.63) is 139 Å². The van der Waals surface area contributed by atoms with E-state index in [2.05, 4.69) is 139 Å². The molecule has 0 saturated carbocycles. The maximum absolute atomic E-state index is 2.48. The lowest BCUT2D eigenvalue weighted by Crippen LogP contribution is -2.40. The molecule has 0 saturated heterocycles. The van der Waals surface area contributed by atoms with Crippen LogP contribution in [0.25, 0.3) is 33.6 Å². The third-order valence-corrected chi connectivity index (χ3v) is 6.16. The van der Waals surface area contributed by atoms with Gasteiger partial charge in [0.2, 0.25) is 11.4 Å². The van der Waals surface area contributed by atoms with Crippen LogP contribution in [-0.4, -0.2) is 0 Å². The molecule has 0 radical (unpaired) electrons. The molecule has 0 fully saturated rings. The molecule has 0 aliphatic rings. The van der Waals surface area contributed by atoms with Crippen molar-refractivity contribution < 1.29 is 4.57 Å². The highest BCUT2D eigenvalue weighted by Crippen LogP contribution is 2.29. The summed E-state index contributed by atoms with van der Waals surface area (Å²) >= 11 is 0. The Bertz CT molecular complexity index is 1260. The first-order valence-electron chi connectivity index (χ1n) is 11.6. The zero-order valence-electron chi connectivity index (χ0n) is 19.0. The Hall–Kier alpha value is -3.97. The van der Waals surface area contributed by atoms with Crippen LogP contribution in [0.2, 0.25) is 0 Å². The van der Waals surface area contributed by atoms with E-state index in [1.165, 1.54) is 44.8 Å². The Morgan fingerprint density at radius 3 is 1.42 bits per heavy atom. The normalized spacial score (nSPS) is 10.8. The van der Waals surface area contributed by atoms with Gasteiger partial charge < -0.3 is 0 Å². The Balaban J connectivity index is 1.69. The SMILES string of the molecule is Cc1ccc(CC[n+]2c(-c3ccccc3)cc(-c3ccccc3)cc2-c2ccccc2)cc1. The Kier molecular flexibility index (Phi) is 6.12. The number of aromatic nitrogens is 1. The molecule has 5 aromatic rings. The number of pyridine rings is 1. The monoisotopic (exact) mass is 426 g/mol. The molecule has 0 spiro atoms. The lowest BCUT2D eigenvalue weighted by Gasteiger charge is -2.13. The van der Waals surface area contributed by atoms with Crippen molar-refractivity contribution >= 4 is 0 Å². The van der Waals surface area contributed by atoms with E-state index >= 15 is 0 Å². The second kappa shape index (κ2) is 9.67. The van der Waals surface area contributed by atoms with E-state index in [1.54, 1.807) is 0 Å². The van der Waals surface area contributed by atoms with Crippen molar-refractivity contribution in [1.82, 2.24) is 0 Å². The van der Waals surface area contributed by atoms with Crippen LogP contribution in [-0.2, 0) is 13.0 Å². The molecule has 33 heavy (non-hydrogen) atoms. The second-order valence-electron chi connectivity index (χ2n) is 8.50. The summed E-state index contributed by atoms with van der Waals surface area (Å²) in [6.07, 6.45) is 0.981. The molecular weight excluding hydrogens is 398 g/mol. The summed E-state index contributed by atoms with van der Waals surface area (Å²) < 4.78 is 2.48. The molecule has 0 atom stereocenters. The number of nitrogens with zero attached hydrogens (tertiary/aromatic N) is 1. The summed E-state index contributed by atoms with van der Waals surface area (Å²) in [5.74, 6) is 0. The molecule has 160 valence electrons. The quantitative estimate of drug-likeness (QED) is 0.247. The van der Waals surface area contributed by atoms with E-state index in [0.717, 1.165) is 13.0 Å². The first-order chi connectivity index (χ1) is 16.3. The molecule has 0 unspecified atom stereocenters. The lowest BCUT2D eigenvalue weighted by molar-refractivity contribution is -0.674. The van der Waals surface area contributed by atoms with Crippen molar-refractivity contribution in [1.29, 1.82) is 0 Å². The Labute approximate surface area is 196 Å². The van der Waals surface area contributed by atoms with Gasteiger partial charge >= 0.3 is 0 Å². The van der Waals surface area contributed by atoms with Gasteiger partial charge in [0.15, 0.2) is 6.54 Å². The molecule has 0 amide bonds. The standard InChI is InChI=1S/C32H28N/c1-25-17-19-26(20-18-25)21-22-33-31(28-13-7-3-8-14-28)23-30(27-11-5-2-6-12-27)24-32(33)29-15-9-4-10-16-29/h2-20,23-24H,21-22H2,1H3/q+1. The van der Waals surface area contributed by atoms with E-state index in [9.17, 15) is 0 Å². The van der Waals surface area contributed by atoms with Crippen molar-refractivity contribution in [2.24, 2.45) is 0 Å². The summed E-state index contributed by atoms with van der Waals surface area (Å²) in [7, 11) is 0. The van der Waals surface area contributed by atoms with Crippen molar-refractivity contribution in [3.63, 3.8) is 0 Å². The van der Waals surface area contributed by atoms with Gasteiger partial charge in [-0.1, -0.05) is 96.6 Å². The van der Waals surface area contributed by atoms with Gasteiger partial charge in [0, 0.05) is 29.7 Å². The zero-order chi connectivity index (χ0) is 22.5. The first-order valence-corrected chi connectivity index (χ1v) is 11.6. The molecule has 0 aliphatic carbocycles. The predicted octanol–water partition coefficient (Wildman–Crippen LogP) is 7.53. The third-order valence-electron chi connectivity index (χ3n) is 6.16. The average Bonchev–Trinajstić information content (AvgIpc) is 2.89. The number of hydrogen-bond acceptors (Lipinski definition) is 0. The fourth-order valence-electron chi connectivity index (χ4n) is 4.35. The highest BCUT2D eigenvalue weighted by molar-refractivity contribution is 5.73. The minimum absolute atomic E-state index is 0.909. The third kappa shape index (κ3) is 4.78. The first kappa shape index (κ1) is 20.9. The highest BCUT2D eigenvalue weighted by atomic mass is 15.0. The van der Waals surface area contributed by atoms with E-state index in [0.29, 0.717) is 0 Å². The smallest absolute Gasteiger partial charge is 0.191 e. The summed E-state index contributed by atoms with van der Waals surface area (Å²) in [6, 6.07) is 45.7. The van der Waals surface area contributed by atoms with Crippen molar-refractivity contribution in [2.45, 2.75) is 19.9 Å². The van der Waals surface area contributed by atoms with Crippen LogP contribution in [0.3, 0.4) is 0 Å². The zero-order valence-corrected chi connectivity index (χ0v) is 19.0. The van der Waals surface area contributed by atoms with E-state index in [1.807, 2.05) is 0 Å². The van der Waals surface area contributed by atoms with Crippen molar-refractivity contribution in [3.8, 4) is 33.6 Å². The van der Waals surface area contributed by atoms with Gasteiger partial charge in [0.1, 0.15) is 0 Å². The molecule has 5 rings (SSSR count). The molecule has 0 bridgehead atoms. The van der Waals surface area contributed by atoms with Crippen LogP contribution in [0.4, 0.5) is 0 Å². The van der Waals surface area contributed by atoms with Crippen LogP contribution in [0.1, 0.15) is 11.1 Å². The number of aryl methyl sites for hydroxylation is 2. The van der Waals surface area contributed by atoms with Gasteiger partial charge in [-0.15, -0.1) is 0 Å². The number of hydrogen-bond donors (Lipinski definition) is 0. The molecule has 1 heteroatoms. The lowest BCUT2D eigenvalue weighted by atomic mass is 9.98. The van der Waals surface area contributed by atoms with Crippen molar-refractivity contribution in [2.75, 3.05) is 0 Å². The van der Waals surface area contributed by atoms with E-state index < -0.39 is 0 Å². The second-order valence-corrected chi connectivity index (χ2v) is 8.50. The maximum atomic E-state index is 2.48. The minimum Gasteiger partial charge on any atom is -0.191 e. The largest absolute Gasteiger partial charge is 0.213 e. The fraction of sp³-hybridized carbons (Fsp3) is 0.0938. The summed E-state index contributed by atoms with van der Waals surface area (Å²) in [4.78, 5) is 0. The Morgan fingerprint density at radius 1 is 0.485 bits per heavy atom. The van der Waals surface area contributed by atoms with Gasteiger partial charge in [-0.3, -0.25) is 0 Å². The molecule has 1 nitrogen and oxygen atoms in total. The van der Waals surface area contributed by atoms with Crippen LogP contribution < -0.4 is 4.57 Å². The number of rotatable bonds is 6.